The second-order valence-corrected chi connectivity index (χ2v) is 15.8. The van der Waals surface area contributed by atoms with Gasteiger partial charge in [0.15, 0.2) is 6.10 Å². The van der Waals surface area contributed by atoms with E-state index in [0.29, 0.717) is 22.5 Å². The number of rotatable bonds is 7. The van der Waals surface area contributed by atoms with Crippen molar-refractivity contribution in [3.8, 4) is 21.7 Å². The third kappa shape index (κ3) is 6.48. The van der Waals surface area contributed by atoms with Crippen LogP contribution in [0.25, 0.3) is 42.8 Å². The van der Waals surface area contributed by atoms with Crippen LogP contribution in [-0.4, -0.2) is 86.7 Å². The van der Waals surface area contributed by atoms with Crippen LogP contribution in [0.4, 0.5) is 4.79 Å². The lowest BCUT2D eigenvalue weighted by Gasteiger charge is -2.46. The molecule has 10 nitrogen and oxygen atoms in total. The van der Waals surface area contributed by atoms with E-state index in [0.717, 1.165) is 93.1 Å². The van der Waals surface area contributed by atoms with Gasteiger partial charge in [0.1, 0.15) is 5.01 Å². The molecule has 0 unspecified atom stereocenters. The number of benzene rings is 3. The van der Waals surface area contributed by atoms with Gasteiger partial charge in [-0.15, -0.1) is 11.3 Å². The average molecular weight is 716 g/mol. The van der Waals surface area contributed by atoms with Gasteiger partial charge in [0.05, 0.1) is 34.1 Å². The molecule has 0 saturated carbocycles. The third-order valence-electron chi connectivity index (χ3n) is 9.87. The number of carbonyl (C=O) groups excluding carboxylic acids is 1. The molecule has 2 aromatic heterocycles. The highest BCUT2D eigenvalue weighted by Gasteiger charge is 2.38. The lowest BCUT2D eigenvalue weighted by Crippen LogP contribution is -2.62. The van der Waals surface area contributed by atoms with Crippen molar-refractivity contribution < 1.29 is 24.2 Å². The maximum Gasteiger partial charge on any atom is 0.409 e. The van der Waals surface area contributed by atoms with E-state index in [1.807, 2.05) is 69.8 Å². The Hall–Kier alpha value is -4.03. The molecule has 2 fully saturated rings. The number of nitrogens with zero attached hydrogens (tertiary/aromatic N) is 5. The summed E-state index contributed by atoms with van der Waals surface area (Å²) in [5.74, 6) is -0.714. The van der Waals surface area contributed by atoms with E-state index >= 15 is 0 Å². The molecule has 4 heterocycles. The number of piperidine rings is 1. The number of likely N-dealkylation sites (tertiary alicyclic amines) is 2. The lowest BCUT2D eigenvalue weighted by atomic mass is 9.90. The molecule has 50 heavy (non-hydrogen) atoms. The Morgan fingerprint density at radius 3 is 2.36 bits per heavy atom. The van der Waals surface area contributed by atoms with Crippen LogP contribution in [0.15, 0.2) is 48.5 Å². The van der Waals surface area contributed by atoms with E-state index in [-0.39, 0.29) is 6.09 Å². The Labute approximate surface area is 300 Å². The molecule has 0 radical (unpaired) electrons. The predicted molar refractivity (Wildman–Crippen MR) is 197 cm³/mol. The average Bonchev–Trinajstić information content (AvgIpc) is 3.63. The van der Waals surface area contributed by atoms with Crippen LogP contribution in [0.2, 0.25) is 5.02 Å². The van der Waals surface area contributed by atoms with Crippen LogP contribution in [-0.2, 0) is 21.3 Å². The summed E-state index contributed by atoms with van der Waals surface area (Å²) >= 11 is 7.84. The summed E-state index contributed by atoms with van der Waals surface area (Å²) in [4.78, 5) is 33.9. The zero-order valence-electron chi connectivity index (χ0n) is 29.2. The van der Waals surface area contributed by atoms with Crippen molar-refractivity contribution in [1.29, 1.82) is 0 Å². The molecule has 1 amide bonds. The summed E-state index contributed by atoms with van der Waals surface area (Å²) in [5.41, 5.74) is 6.36. The van der Waals surface area contributed by atoms with Gasteiger partial charge < -0.3 is 19.5 Å². The number of thiazole rings is 1. The highest BCUT2D eigenvalue weighted by molar-refractivity contribution is 7.22. The summed E-state index contributed by atoms with van der Waals surface area (Å²) in [6.07, 6.45) is 0.573. The van der Waals surface area contributed by atoms with E-state index in [2.05, 4.69) is 23.1 Å². The summed E-state index contributed by atoms with van der Waals surface area (Å²) < 4.78 is 13.9. The van der Waals surface area contributed by atoms with Crippen molar-refractivity contribution in [2.45, 2.75) is 64.2 Å². The second kappa shape index (κ2) is 13.3. The number of carbonyl (C=O) groups is 2. The number of fused-ring (bicyclic) bond motifs is 2. The summed E-state index contributed by atoms with van der Waals surface area (Å²) in [6.45, 7) is 10.9. The minimum Gasteiger partial charge on any atom is -0.479 e. The molecule has 262 valence electrons. The van der Waals surface area contributed by atoms with Crippen LogP contribution < -0.4 is 0 Å². The third-order valence-corrected chi connectivity index (χ3v) is 11.3. The van der Waals surface area contributed by atoms with Crippen LogP contribution in [0.5, 0.6) is 0 Å². The van der Waals surface area contributed by atoms with Crippen molar-refractivity contribution in [3.05, 3.63) is 70.4 Å². The fraction of sp³-hybridized carbons (Fsp3) is 0.421. The molecule has 3 aromatic carbocycles. The number of aliphatic carboxylic acids is 1. The van der Waals surface area contributed by atoms with Crippen molar-refractivity contribution >= 4 is 56.1 Å². The Kier molecular flexibility index (Phi) is 9.13. The van der Waals surface area contributed by atoms with Crippen molar-refractivity contribution in [2.24, 2.45) is 7.05 Å². The van der Waals surface area contributed by atoms with Crippen LogP contribution in [0.3, 0.4) is 0 Å². The predicted octanol–water partition coefficient (Wildman–Crippen LogP) is 8.05. The Morgan fingerprint density at radius 2 is 1.72 bits per heavy atom. The number of carboxylic acids is 1. The van der Waals surface area contributed by atoms with Gasteiger partial charge in [-0.05, 0) is 101 Å². The van der Waals surface area contributed by atoms with Crippen molar-refractivity contribution in [3.63, 3.8) is 0 Å². The zero-order chi connectivity index (χ0) is 35.5. The Morgan fingerprint density at radius 1 is 1.04 bits per heavy atom. The number of carboxylic acid groups (broad SMARTS) is 1. The van der Waals surface area contributed by atoms with Gasteiger partial charge in [0.2, 0.25) is 0 Å². The number of ether oxygens (including phenoxy) is 2. The molecule has 5 aromatic rings. The van der Waals surface area contributed by atoms with E-state index in [1.165, 1.54) is 7.11 Å². The topological polar surface area (TPSA) is 110 Å². The fourth-order valence-corrected chi connectivity index (χ4v) is 8.64. The first kappa shape index (κ1) is 34.4. The first-order valence-corrected chi connectivity index (χ1v) is 18.1. The van der Waals surface area contributed by atoms with Gasteiger partial charge in [0.25, 0.3) is 0 Å². The highest BCUT2D eigenvalue weighted by atomic mass is 35.5. The van der Waals surface area contributed by atoms with Gasteiger partial charge in [-0.3, -0.25) is 9.58 Å². The number of halogens is 1. The molecular weight excluding hydrogens is 674 g/mol. The molecule has 0 bridgehead atoms. The smallest absolute Gasteiger partial charge is 0.409 e. The molecule has 2 saturated heterocycles. The van der Waals surface area contributed by atoms with E-state index in [9.17, 15) is 14.7 Å². The SMILES string of the molecule is COC(=O)N1CC(N2CCC(c3nn(C)c4ccc(-c5nc6cc(C)c([C@H](OC(C)(C)C)C(=O)O)c(-c7ccc(Cl)cc7)c6s5)cc34)CC2)C1. The molecule has 1 atom stereocenters. The lowest BCUT2D eigenvalue weighted by molar-refractivity contribution is -0.160. The molecule has 2 aliphatic heterocycles. The summed E-state index contributed by atoms with van der Waals surface area (Å²) in [6, 6.07) is 16.3. The van der Waals surface area contributed by atoms with Crippen LogP contribution in [0, 0.1) is 6.92 Å². The van der Waals surface area contributed by atoms with Gasteiger partial charge in [-0.25, -0.2) is 14.6 Å². The fourth-order valence-electron chi connectivity index (χ4n) is 7.39. The van der Waals surface area contributed by atoms with Crippen molar-refractivity contribution in [1.82, 2.24) is 24.6 Å². The van der Waals surface area contributed by atoms with Crippen molar-refractivity contribution in [2.75, 3.05) is 33.3 Å². The maximum absolute atomic E-state index is 12.7. The molecule has 2 aliphatic rings. The van der Waals surface area contributed by atoms with Crippen LogP contribution in [0.1, 0.15) is 62.5 Å². The monoisotopic (exact) mass is 715 g/mol. The number of aromatic nitrogens is 3. The largest absolute Gasteiger partial charge is 0.479 e. The minimum absolute atomic E-state index is 0.254. The van der Waals surface area contributed by atoms with Gasteiger partial charge in [-0.2, -0.15) is 5.10 Å². The highest BCUT2D eigenvalue weighted by Crippen LogP contribution is 2.45. The second-order valence-electron chi connectivity index (χ2n) is 14.4. The number of amides is 1. The molecular formula is C38H42ClN5O5S. The number of hydrogen-bond acceptors (Lipinski definition) is 8. The summed E-state index contributed by atoms with van der Waals surface area (Å²) in [7, 11) is 3.42. The zero-order valence-corrected chi connectivity index (χ0v) is 30.8. The molecule has 0 spiro atoms. The Balaban J connectivity index is 1.25. The van der Waals surface area contributed by atoms with E-state index in [4.69, 9.17) is 31.2 Å². The number of aryl methyl sites for hydroxylation is 2. The minimum atomic E-state index is -1.17. The maximum atomic E-state index is 12.7. The number of methoxy groups -OCH3 is 1. The normalized spacial score (nSPS) is 17.0. The quantitative estimate of drug-likeness (QED) is 0.180. The molecule has 7 rings (SSSR count). The molecule has 12 heteroatoms. The number of hydrogen-bond donors (Lipinski definition) is 1. The molecule has 1 N–H and O–H groups in total. The van der Waals surface area contributed by atoms with Gasteiger partial charge in [-0.1, -0.05) is 23.7 Å². The standard InChI is InChI=1S/C38H42ClN5O5S/c1-21-17-28-34(31(22-7-10-25(39)11-8-22)30(21)33(36(45)46)49-38(2,3)4)50-35(40-28)24-9-12-29-27(18-24)32(41-42(29)5)23-13-15-43(16-14-23)26-19-44(20-26)37(47)48-6/h7-12,17-18,23,26,33H,13-16,19-20H2,1-6H3,(H,45,46)/t33-/m0/s1. The molecule has 0 aliphatic carbocycles. The van der Waals surface area contributed by atoms with Gasteiger partial charge >= 0.3 is 12.1 Å². The van der Waals surface area contributed by atoms with E-state index in [1.54, 1.807) is 16.2 Å². The summed E-state index contributed by atoms with van der Waals surface area (Å²) in [5, 5.41) is 18.0. The van der Waals surface area contributed by atoms with E-state index < -0.39 is 17.7 Å². The first-order chi connectivity index (χ1) is 23.8. The van der Waals surface area contributed by atoms with Crippen LogP contribution >= 0.6 is 22.9 Å². The first-order valence-electron chi connectivity index (χ1n) is 17.0. The van der Waals surface area contributed by atoms with Gasteiger partial charge in [0, 0.05) is 59.2 Å². The Bertz CT molecular complexity index is 2090.